The number of anilines is 1. The van der Waals surface area contributed by atoms with E-state index in [-0.39, 0.29) is 12.3 Å². The largest absolute Gasteiger partial charge is 0.480 e. The number of nitrogens with zero attached hydrogens (tertiary/aromatic N) is 1. The second kappa shape index (κ2) is 7.79. The van der Waals surface area contributed by atoms with E-state index in [9.17, 15) is 19.5 Å². The van der Waals surface area contributed by atoms with E-state index in [0.29, 0.717) is 24.2 Å². The van der Waals surface area contributed by atoms with Gasteiger partial charge in [-0.25, -0.2) is 4.79 Å². The molecule has 0 aliphatic carbocycles. The molecule has 3 N–H and O–H groups in total. The number of carbonyl (C=O) groups excluding carboxylic acids is 2. The number of benzene rings is 2. The highest BCUT2D eigenvalue weighted by Crippen LogP contribution is 2.23. The lowest BCUT2D eigenvalue weighted by molar-refractivity contribution is -0.139. The lowest BCUT2D eigenvalue weighted by atomic mass is 10.0. The summed E-state index contributed by atoms with van der Waals surface area (Å²) >= 11 is 0. The first kappa shape index (κ1) is 18.7. The van der Waals surface area contributed by atoms with E-state index in [4.69, 9.17) is 0 Å². The van der Waals surface area contributed by atoms with Gasteiger partial charge in [0.05, 0.1) is 0 Å². The number of aromatic nitrogens is 1. The van der Waals surface area contributed by atoms with Crippen LogP contribution in [0.2, 0.25) is 0 Å². The third-order valence-electron chi connectivity index (χ3n) is 5.20. The number of nitrogens with one attached hydrogen (secondary N) is 2. The van der Waals surface area contributed by atoms with Gasteiger partial charge in [-0.3, -0.25) is 9.59 Å². The quantitative estimate of drug-likeness (QED) is 0.601. The molecule has 7 nitrogen and oxygen atoms in total. The van der Waals surface area contributed by atoms with Crippen LogP contribution >= 0.6 is 0 Å². The zero-order chi connectivity index (χ0) is 20.4. The summed E-state index contributed by atoms with van der Waals surface area (Å²) in [5.74, 6) is -1.55. The molecule has 1 aromatic heterocycles. The molecular formula is C22H21N3O4. The predicted octanol–water partition coefficient (Wildman–Crippen LogP) is 2.72. The van der Waals surface area contributed by atoms with Gasteiger partial charge >= 0.3 is 5.97 Å². The van der Waals surface area contributed by atoms with Gasteiger partial charge in [0.2, 0.25) is 5.91 Å². The van der Waals surface area contributed by atoms with Gasteiger partial charge in [-0.1, -0.05) is 24.3 Å². The van der Waals surface area contributed by atoms with Crippen molar-refractivity contribution in [3.63, 3.8) is 0 Å². The maximum Gasteiger partial charge on any atom is 0.326 e. The summed E-state index contributed by atoms with van der Waals surface area (Å²) in [6.07, 6.45) is 3.23. The maximum atomic E-state index is 12.7. The molecule has 2 aromatic carbocycles. The molecule has 1 fully saturated rings. The van der Waals surface area contributed by atoms with Crippen LogP contribution in [0.1, 0.15) is 28.8 Å². The number of H-pyrrole nitrogens is 1. The van der Waals surface area contributed by atoms with Crippen LogP contribution in [0.5, 0.6) is 0 Å². The van der Waals surface area contributed by atoms with Gasteiger partial charge in [0.15, 0.2) is 0 Å². The second-order valence-electron chi connectivity index (χ2n) is 7.13. The number of rotatable bonds is 6. The number of para-hydroxylation sites is 1. The molecular weight excluding hydrogens is 370 g/mol. The van der Waals surface area contributed by atoms with Crippen molar-refractivity contribution in [1.82, 2.24) is 10.3 Å². The van der Waals surface area contributed by atoms with Gasteiger partial charge in [0, 0.05) is 47.7 Å². The molecule has 148 valence electrons. The Morgan fingerprint density at radius 3 is 2.76 bits per heavy atom. The molecule has 1 saturated heterocycles. The summed E-state index contributed by atoms with van der Waals surface area (Å²) in [6.45, 7) is 0.627. The summed E-state index contributed by atoms with van der Waals surface area (Å²) in [5, 5.41) is 13.2. The lowest BCUT2D eigenvalue weighted by Gasteiger charge is -2.18. The van der Waals surface area contributed by atoms with Crippen LogP contribution in [0.15, 0.2) is 54.7 Å². The Bertz CT molecular complexity index is 1090. The molecule has 0 spiro atoms. The number of carbonyl (C=O) groups is 3. The number of carboxylic acids is 1. The molecule has 0 radical (unpaired) electrons. The number of hydrogen-bond donors (Lipinski definition) is 3. The van der Waals surface area contributed by atoms with Gasteiger partial charge < -0.3 is 20.3 Å². The highest BCUT2D eigenvalue weighted by Gasteiger charge is 2.25. The Morgan fingerprint density at radius 1 is 1.17 bits per heavy atom. The van der Waals surface area contributed by atoms with Crippen molar-refractivity contribution < 1.29 is 19.5 Å². The highest BCUT2D eigenvalue weighted by atomic mass is 16.4. The van der Waals surface area contributed by atoms with E-state index in [1.165, 1.54) is 0 Å². The number of amides is 2. The first-order chi connectivity index (χ1) is 14.0. The molecule has 1 atom stereocenters. The molecule has 3 aromatic rings. The Balaban J connectivity index is 1.52. The minimum Gasteiger partial charge on any atom is -0.480 e. The standard InChI is InChI=1S/C22H21N3O4/c26-20-9-4-10-25(20)16-6-3-5-14(11-16)21(27)24-19(22(28)29)12-15-13-23-18-8-2-1-7-17(15)18/h1-3,5-8,11,13,19,23H,4,9-10,12H2,(H,24,27)(H,28,29)/t19-/m0/s1. The third kappa shape index (κ3) is 3.85. The van der Waals surface area contributed by atoms with Crippen LogP contribution in [0, 0.1) is 0 Å². The monoisotopic (exact) mass is 391 g/mol. The average Bonchev–Trinajstić information content (AvgIpc) is 3.33. The second-order valence-corrected chi connectivity index (χ2v) is 7.13. The SMILES string of the molecule is O=C(N[C@@H](Cc1c[nH]c2ccccc12)C(=O)O)c1cccc(N2CCCC2=O)c1. The molecule has 2 amide bonds. The molecule has 2 heterocycles. The first-order valence-electron chi connectivity index (χ1n) is 9.52. The molecule has 29 heavy (non-hydrogen) atoms. The van der Waals surface area contributed by atoms with Gasteiger partial charge in [-0.15, -0.1) is 0 Å². The van der Waals surface area contributed by atoms with E-state index in [2.05, 4.69) is 10.3 Å². The third-order valence-corrected chi connectivity index (χ3v) is 5.20. The summed E-state index contributed by atoms with van der Waals surface area (Å²) in [7, 11) is 0. The zero-order valence-electron chi connectivity index (χ0n) is 15.7. The normalized spacial score (nSPS) is 14.9. The Labute approximate surface area is 167 Å². The summed E-state index contributed by atoms with van der Waals surface area (Å²) in [5.41, 5.74) is 2.72. The smallest absolute Gasteiger partial charge is 0.326 e. The number of carboxylic acid groups (broad SMARTS) is 1. The topological polar surface area (TPSA) is 102 Å². The number of aromatic amines is 1. The Kier molecular flexibility index (Phi) is 5.03. The van der Waals surface area contributed by atoms with Crippen molar-refractivity contribution in [1.29, 1.82) is 0 Å². The van der Waals surface area contributed by atoms with Crippen molar-refractivity contribution >= 4 is 34.4 Å². The van der Waals surface area contributed by atoms with Crippen LogP contribution in [-0.4, -0.2) is 40.5 Å². The fourth-order valence-corrected chi connectivity index (χ4v) is 3.70. The number of fused-ring (bicyclic) bond motifs is 1. The van der Waals surface area contributed by atoms with Gasteiger partial charge in [0.25, 0.3) is 5.91 Å². The summed E-state index contributed by atoms with van der Waals surface area (Å²) in [6, 6.07) is 13.3. The van der Waals surface area contributed by atoms with E-state index in [1.54, 1.807) is 35.4 Å². The van der Waals surface area contributed by atoms with Crippen molar-refractivity contribution in [2.75, 3.05) is 11.4 Å². The molecule has 0 bridgehead atoms. The first-order valence-corrected chi connectivity index (χ1v) is 9.52. The Hall–Kier alpha value is -3.61. The Morgan fingerprint density at radius 2 is 2.00 bits per heavy atom. The van der Waals surface area contributed by atoms with Gasteiger partial charge in [-0.05, 0) is 36.2 Å². The zero-order valence-corrected chi connectivity index (χ0v) is 15.7. The minimum absolute atomic E-state index is 0.0327. The molecule has 0 unspecified atom stereocenters. The summed E-state index contributed by atoms with van der Waals surface area (Å²) in [4.78, 5) is 41.2. The van der Waals surface area contributed by atoms with Crippen molar-refractivity contribution in [2.45, 2.75) is 25.3 Å². The average molecular weight is 391 g/mol. The highest BCUT2D eigenvalue weighted by molar-refractivity contribution is 6.00. The number of aliphatic carboxylic acids is 1. The van der Waals surface area contributed by atoms with E-state index >= 15 is 0 Å². The van der Waals surface area contributed by atoms with E-state index < -0.39 is 17.9 Å². The predicted molar refractivity (Wildman–Crippen MR) is 109 cm³/mol. The fraction of sp³-hybridized carbons (Fsp3) is 0.227. The van der Waals surface area contributed by atoms with E-state index in [1.807, 2.05) is 24.3 Å². The van der Waals surface area contributed by atoms with Gasteiger partial charge in [-0.2, -0.15) is 0 Å². The van der Waals surface area contributed by atoms with Gasteiger partial charge in [0.1, 0.15) is 6.04 Å². The van der Waals surface area contributed by atoms with Crippen LogP contribution in [0.3, 0.4) is 0 Å². The van der Waals surface area contributed by atoms with Crippen LogP contribution in [-0.2, 0) is 16.0 Å². The number of hydrogen-bond acceptors (Lipinski definition) is 3. The van der Waals surface area contributed by atoms with E-state index in [0.717, 1.165) is 22.9 Å². The van der Waals surface area contributed by atoms with Crippen LogP contribution < -0.4 is 10.2 Å². The van der Waals surface area contributed by atoms with Crippen LogP contribution in [0.25, 0.3) is 10.9 Å². The summed E-state index contributed by atoms with van der Waals surface area (Å²) < 4.78 is 0. The molecule has 1 aliphatic rings. The van der Waals surface area contributed by atoms with Crippen molar-refractivity contribution in [3.8, 4) is 0 Å². The van der Waals surface area contributed by atoms with Crippen molar-refractivity contribution in [3.05, 3.63) is 65.9 Å². The minimum atomic E-state index is -1.10. The van der Waals surface area contributed by atoms with Crippen molar-refractivity contribution in [2.24, 2.45) is 0 Å². The van der Waals surface area contributed by atoms with Crippen LogP contribution in [0.4, 0.5) is 5.69 Å². The molecule has 1 aliphatic heterocycles. The maximum absolute atomic E-state index is 12.7. The molecule has 7 heteroatoms. The lowest BCUT2D eigenvalue weighted by Crippen LogP contribution is -2.42. The fourth-order valence-electron chi connectivity index (χ4n) is 3.70. The molecule has 0 saturated carbocycles. The molecule has 4 rings (SSSR count).